The summed E-state index contributed by atoms with van der Waals surface area (Å²) in [7, 11) is 3.68. The van der Waals surface area contributed by atoms with Crippen LogP contribution in [-0.4, -0.2) is 43.1 Å². The monoisotopic (exact) mass is 240 g/mol. The minimum atomic E-state index is 0.766. The number of hydrogen-bond acceptors (Lipinski definition) is 4. The molecule has 0 saturated heterocycles. The number of nitrogens with one attached hydrogen (secondary N) is 2. The SMILES string of the molecule is CCc1nn(C)cc1CNCCNCCOC. The van der Waals surface area contributed by atoms with Crippen LogP contribution in [0.1, 0.15) is 18.2 Å². The Morgan fingerprint density at radius 2 is 2.06 bits per heavy atom. The molecule has 0 aliphatic rings. The highest BCUT2D eigenvalue weighted by molar-refractivity contribution is 5.16. The van der Waals surface area contributed by atoms with E-state index in [2.05, 4.69) is 28.9 Å². The summed E-state index contributed by atoms with van der Waals surface area (Å²) < 4.78 is 6.84. The molecule has 17 heavy (non-hydrogen) atoms. The van der Waals surface area contributed by atoms with Crippen molar-refractivity contribution < 1.29 is 4.74 Å². The van der Waals surface area contributed by atoms with E-state index in [0.717, 1.165) is 39.2 Å². The molecule has 1 aromatic heterocycles. The molecule has 0 radical (unpaired) electrons. The van der Waals surface area contributed by atoms with Gasteiger partial charge in [-0.1, -0.05) is 6.92 Å². The summed E-state index contributed by atoms with van der Waals surface area (Å²) >= 11 is 0. The lowest BCUT2D eigenvalue weighted by Crippen LogP contribution is -2.29. The van der Waals surface area contributed by atoms with Gasteiger partial charge in [0.2, 0.25) is 0 Å². The largest absolute Gasteiger partial charge is 0.383 e. The Hall–Kier alpha value is -0.910. The quantitative estimate of drug-likeness (QED) is 0.610. The van der Waals surface area contributed by atoms with Crippen LogP contribution in [0.2, 0.25) is 0 Å². The fourth-order valence-electron chi connectivity index (χ4n) is 1.73. The van der Waals surface area contributed by atoms with E-state index in [-0.39, 0.29) is 0 Å². The Labute approximate surface area is 104 Å². The van der Waals surface area contributed by atoms with Crippen LogP contribution in [0, 0.1) is 0 Å². The maximum Gasteiger partial charge on any atom is 0.0666 e. The molecular formula is C12H24N4O. The maximum atomic E-state index is 4.96. The molecule has 0 saturated carbocycles. The second kappa shape index (κ2) is 8.22. The molecule has 1 aromatic rings. The Morgan fingerprint density at radius 3 is 2.76 bits per heavy atom. The zero-order chi connectivity index (χ0) is 12.5. The molecule has 0 bridgehead atoms. The first kappa shape index (κ1) is 14.2. The van der Waals surface area contributed by atoms with Gasteiger partial charge >= 0.3 is 0 Å². The molecular weight excluding hydrogens is 216 g/mol. The Bertz CT molecular complexity index is 311. The van der Waals surface area contributed by atoms with E-state index in [1.165, 1.54) is 11.3 Å². The normalized spacial score (nSPS) is 11.0. The molecule has 2 N–H and O–H groups in total. The molecule has 0 amide bonds. The first-order chi connectivity index (χ1) is 8.27. The highest BCUT2D eigenvalue weighted by Crippen LogP contribution is 2.06. The van der Waals surface area contributed by atoms with E-state index in [0.29, 0.717) is 0 Å². The number of rotatable bonds is 9. The van der Waals surface area contributed by atoms with E-state index >= 15 is 0 Å². The van der Waals surface area contributed by atoms with E-state index in [1.807, 2.05) is 11.7 Å². The van der Waals surface area contributed by atoms with Crippen LogP contribution < -0.4 is 10.6 Å². The van der Waals surface area contributed by atoms with Crippen molar-refractivity contribution >= 4 is 0 Å². The van der Waals surface area contributed by atoms with Crippen LogP contribution in [-0.2, 0) is 24.8 Å². The number of methoxy groups -OCH3 is 1. The van der Waals surface area contributed by atoms with Crippen LogP contribution in [0.4, 0.5) is 0 Å². The van der Waals surface area contributed by atoms with Gasteiger partial charge in [-0.3, -0.25) is 4.68 Å². The van der Waals surface area contributed by atoms with Crippen LogP contribution in [0.3, 0.4) is 0 Å². The molecule has 0 atom stereocenters. The predicted octanol–water partition coefficient (Wildman–Crippen LogP) is 0.308. The fraction of sp³-hybridized carbons (Fsp3) is 0.750. The zero-order valence-electron chi connectivity index (χ0n) is 11.1. The molecule has 5 heteroatoms. The van der Waals surface area contributed by atoms with Crippen LogP contribution in [0.15, 0.2) is 6.20 Å². The maximum absolute atomic E-state index is 4.96. The number of aromatic nitrogens is 2. The van der Waals surface area contributed by atoms with Gasteiger partial charge in [0.25, 0.3) is 0 Å². The van der Waals surface area contributed by atoms with Gasteiger partial charge in [-0.25, -0.2) is 0 Å². The summed E-state index contributed by atoms with van der Waals surface area (Å²) in [6.45, 7) is 6.63. The predicted molar refractivity (Wildman–Crippen MR) is 69.0 cm³/mol. The Balaban J connectivity index is 2.13. The number of aryl methyl sites for hydroxylation is 2. The number of hydrogen-bond donors (Lipinski definition) is 2. The molecule has 1 rings (SSSR count). The van der Waals surface area contributed by atoms with Gasteiger partial charge in [-0.05, 0) is 6.42 Å². The summed E-state index contributed by atoms with van der Waals surface area (Å²) in [6, 6.07) is 0. The third-order valence-electron chi connectivity index (χ3n) is 2.60. The van der Waals surface area contributed by atoms with E-state index in [9.17, 15) is 0 Å². The average molecular weight is 240 g/mol. The summed E-state index contributed by atoms with van der Waals surface area (Å²) in [5, 5.41) is 11.1. The lowest BCUT2D eigenvalue weighted by atomic mass is 10.2. The molecule has 0 unspecified atom stereocenters. The van der Waals surface area contributed by atoms with Crippen molar-refractivity contribution in [1.82, 2.24) is 20.4 Å². The zero-order valence-corrected chi connectivity index (χ0v) is 11.1. The van der Waals surface area contributed by atoms with Crippen molar-refractivity contribution in [2.45, 2.75) is 19.9 Å². The van der Waals surface area contributed by atoms with Gasteiger partial charge in [0.05, 0.1) is 12.3 Å². The minimum absolute atomic E-state index is 0.766. The first-order valence-electron chi connectivity index (χ1n) is 6.19. The highest BCUT2D eigenvalue weighted by atomic mass is 16.5. The second-order valence-electron chi connectivity index (χ2n) is 4.05. The topological polar surface area (TPSA) is 51.1 Å². The molecule has 5 nitrogen and oxygen atoms in total. The van der Waals surface area contributed by atoms with Gasteiger partial charge in [0.1, 0.15) is 0 Å². The smallest absolute Gasteiger partial charge is 0.0666 e. The van der Waals surface area contributed by atoms with Crippen molar-refractivity contribution in [2.75, 3.05) is 33.4 Å². The second-order valence-corrected chi connectivity index (χ2v) is 4.05. The van der Waals surface area contributed by atoms with E-state index in [4.69, 9.17) is 4.74 Å². The Morgan fingerprint density at radius 1 is 1.29 bits per heavy atom. The van der Waals surface area contributed by atoms with Crippen molar-refractivity contribution in [3.63, 3.8) is 0 Å². The average Bonchev–Trinajstić information content (AvgIpc) is 2.68. The summed E-state index contributed by atoms with van der Waals surface area (Å²) in [6.07, 6.45) is 3.08. The van der Waals surface area contributed by atoms with Crippen molar-refractivity contribution in [3.05, 3.63) is 17.5 Å². The van der Waals surface area contributed by atoms with Gasteiger partial charge in [-0.2, -0.15) is 5.10 Å². The van der Waals surface area contributed by atoms with E-state index < -0.39 is 0 Å². The molecule has 0 aliphatic heterocycles. The summed E-state index contributed by atoms with van der Waals surface area (Å²) in [5.41, 5.74) is 2.49. The van der Waals surface area contributed by atoms with Gasteiger partial charge in [-0.15, -0.1) is 0 Å². The summed E-state index contributed by atoms with van der Waals surface area (Å²) in [4.78, 5) is 0. The summed E-state index contributed by atoms with van der Waals surface area (Å²) in [5.74, 6) is 0. The molecule has 0 aliphatic carbocycles. The van der Waals surface area contributed by atoms with Crippen molar-refractivity contribution in [1.29, 1.82) is 0 Å². The lowest BCUT2D eigenvalue weighted by molar-refractivity contribution is 0.199. The fourth-order valence-corrected chi connectivity index (χ4v) is 1.73. The molecule has 0 fully saturated rings. The molecule has 0 spiro atoms. The molecule has 98 valence electrons. The lowest BCUT2D eigenvalue weighted by Gasteiger charge is -2.05. The molecule has 0 aromatic carbocycles. The minimum Gasteiger partial charge on any atom is -0.383 e. The van der Waals surface area contributed by atoms with Gasteiger partial charge in [0, 0.05) is 52.1 Å². The Kier molecular flexibility index (Phi) is 6.84. The standard InChI is InChI=1S/C12H24N4O/c1-4-12-11(10-16(2)15-12)9-14-6-5-13-7-8-17-3/h10,13-14H,4-9H2,1-3H3. The van der Waals surface area contributed by atoms with Crippen LogP contribution >= 0.6 is 0 Å². The number of ether oxygens (including phenoxy) is 1. The first-order valence-corrected chi connectivity index (χ1v) is 6.19. The van der Waals surface area contributed by atoms with Crippen molar-refractivity contribution in [3.8, 4) is 0 Å². The van der Waals surface area contributed by atoms with E-state index in [1.54, 1.807) is 7.11 Å². The highest BCUT2D eigenvalue weighted by Gasteiger charge is 2.04. The van der Waals surface area contributed by atoms with Gasteiger partial charge in [0.15, 0.2) is 0 Å². The third kappa shape index (κ3) is 5.30. The van der Waals surface area contributed by atoms with Crippen molar-refractivity contribution in [2.24, 2.45) is 7.05 Å². The van der Waals surface area contributed by atoms with Crippen LogP contribution in [0.5, 0.6) is 0 Å². The molecule has 1 heterocycles. The number of nitrogens with zero attached hydrogens (tertiary/aromatic N) is 2. The van der Waals surface area contributed by atoms with Crippen LogP contribution in [0.25, 0.3) is 0 Å². The van der Waals surface area contributed by atoms with Gasteiger partial charge < -0.3 is 15.4 Å². The third-order valence-corrected chi connectivity index (χ3v) is 2.60.